The Labute approximate surface area is 205 Å². The largest absolute Gasteiger partial charge is 0.873 e. The second-order valence-corrected chi connectivity index (χ2v) is 15.4. The summed E-state index contributed by atoms with van der Waals surface area (Å²) in [5, 5.41) is 23.8. The molecule has 0 aromatic rings. The first-order valence-electron chi connectivity index (χ1n) is 10.3. The zero-order valence-corrected chi connectivity index (χ0v) is 24.7. The molecule has 0 aromatic heterocycles. The minimum Gasteiger partial charge on any atom is -0.873 e. The van der Waals surface area contributed by atoms with E-state index < -0.39 is 11.2 Å². The predicted octanol–water partition coefficient (Wildman–Crippen LogP) is 2.15. The number of rotatable bonds is 5. The standard InChI is InChI=1S/C16H24N2O4.2C3H9P.Tc/c1-15(2)13(19)11(9-21-15)7-17-5-6-18-8-12-10-22-16(3,4)14(12)20;2*1-4(2)3;/h7-8,19-20H,5-6,9-10H2,1-4H3;2*1-3H3;/i;;;1+1. The van der Waals surface area contributed by atoms with Gasteiger partial charge in [-0.2, -0.15) is 0 Å². The first-order valence-corrected chi connectivity index (χ1v) is 16.3. The third kappa shape index (κ3) is 13.9. The molecule has 0 aromatic carbocycles. The van der Waals surface area contributed by atoms with Gasteiger partial charge < -0.3 is 19.7 Å². The van der Waals surface area contributed by atoms with Crippen LogP contribution in [0.15, 0.2) is 32.6 Å². The fourth-order valence-corrected chi connectivity index (χ4v) is 2.21. The fraction of sp³-hybridized carbons (Fsp3) is 0.727. The van der Waals surface area contributed by atoms with E-state index in [1.165, 1.54) is 0 Å². The predicted molar refractivity (Wildman–Crippen MR) is 133 cm³/mol. The van der Waals surface area contributed by atoms with Crippen molar-refractivity contribution in [3.05, 3.63) is 22.7 Å². The van der Waals surface area contributed by atoms with Gasteiger partial charge >= 0.3 is 0 Å². The van der Waals surface area contributed by atoms with Gasteiger partial charge in [-0.3, -0.25) is 9.98 Å². The molecular weight excluding hydrogens is 517 g/mol. The first kappa shape index (κ1) is 33.0. The summed E-state index contributed by atoms with van der Waals surface area (Å²) in [7, 11) is 0.241. The van der Waals surface area contributed by atoms with Gasteiger partial charge in [0.1, 0.15) is 0 Å². The minimum atomic E-state index is -0.744. The van der Waals surface area contributed by atoms with Gasteiger partial charge in [0, 0.05) is 72.5 Å². The molecule has 0 saturated carbocycles. The van der Waals surface area contributed by atoms with E-state index >= 15 is 0 Å². The van der Waals surface area contributed by atoms with Gasteiger partial charge in [0.2, 0.25) is 0 Å². The van der Waals surface area contributed by atoms with E-state index in [4.69, 9.17) is 9.47 Å². The Hall–Kier alpha value is -0.151. The molecule has 2 aliphatic rings. The molecule has 2 rings (SSSR count). The van der Waals surface area contributed by atoms with Crippen LogP contribution in [-0.4, -0.2) is 89.9 Å². The average Bonchev–Trinajstić information content (AvgIpc) is 3.00. The van der Waals surface area contributed by atoms with Gasteiger partial charge in [-0.15, -0.1) is 0 Å². The molecule has 0 spiro atoms. The monoisotopic (exact) mass is 559 g/mol. The molecule has 0 bridgehead atoms. The van der Waals surface area contributed by atoms with Crippen molar-refractivity contribution in [1.82, 2.24) is 0 Å². The smallest absolute Gasteiger partial charge is 0.0745 e. The third-order valence-electron chi connectivity index (χ3n) is 3.71. The molecule has 0 unspecified atom stereocenters. The molecule has 0 atom stereocenters. The van der Waals surface area contributed by atoms with Crippen LogP contribution in [0.5, 0.6) is 0 Å². The van der Waals surface area contributed by atoms with Crippen LogP contribution in [0.4, 0.5) is 0 Å². The van der Waals surface area contributed by atoms with Crippen LogP contribution < -0.4 is 10.2 Å². The van der Waals surface area contributed by atoms with Crippen molar-refractivity contribution < 1.29 is 39.8 Å². The summed E-state index contributed by atoms with van der Waals surface area (Å²) in [6, 6.07) is 0. The molecule has 2 aliphatic heterocycles. The molecule has 0 saturated heterocycles. The molecule has 0 amide bonds. The van der Waals surface area contributed by atoms with Crippen LogP contribution in [0, 0.1) is 0 Å². The number of ether oxygens (including phenoxy) is 2. The van der Waals surface area contributed by atoms with E-state index in [1.54, 1.807) is 40.1 Å². The Morgan fingerprint density at radius 2 is 1.00 bits per heavy atom. The maximum Gasteiger partial charge on any atom is 0.0745 e. The van der Waals surface area contributed by atoms with Crippen molar-refractivity contribution in [2.75, 3.05) is 66.3 Å². The van der Waals surface area contributed by atoms with Crippen LogP contribution in [0.25, 0.3) is 0 Å². The van der Waals surface area contributed by atoms with Crippen molar-refractivity contribution >= 4 is 28.3 Å². The molecule has 31 heavy (non-hydrogen) atoms. The van der Waals surface area contributed by atoms with Gasteiger partial charge in [0.15, 0.2) is 0 Å². The third-order valence-corrected chi connectivity index (χ3v) is 3.71. The van der Waals surface area contributed by atoms with Gasteiger partial charge in [0.25, 0.3) is 0 Å². The summed E-state index contributed by atoms with van der Waals surface area (Å²) in [6.07, 6.45) is 3.12. The van der Waals surface area contributed by atoms with Crippen LogP contribution in [0.3, 0.4) is 0 Å². The number of nitrogens with zero attached hydrogens (tertiary/aromatic N) is 2. The summed E-state index contributed by atoms with van der Waals surface area (Å²) in [5.41, 5.74) is -0.314. The Morgan fingerprint density at radius 3 is 1.19 bits per heavy atom. The van der Waals surface area contributed by atoms with Gasteiger partial charge in [0.05, 0.1) is 37.5 Å². The number of hydrogen-bond acceptors (Lipinski definition) is 6. The number of hydrogen-bond donors (Lipinski definition) is 0. The second kappa shape index (κ2) is 15.6. The van der Waals surface area contributed by atoms with E-state index in [1.807, 2.05) is 0 Å². The van der Waals surface area contributed by atoms with Crippen LogP contribution >= 0.6 is 15.8 Å². The molecule has 0 N–H and O–H groups in total. The number of aliphatic imine (C=N–C) groups is 2. The SMILES string of the molecule is CC1(C)OCC(C=NCCN=CC2=C([O-])C(C)(C)OC2)=C1[O-].C[PH+](C)C.C[PH+](C)C.[99Tc]. The average molecular weight is 559 g/mol. The Kier molecular flexibility index (Phi) is 16.7. The molecule has 2 heterocycles. The van der Waals surface area contributed by atoms with Crippen molar-refractivity contribution in [2.24, 2.45) is 9.98 Å². The summed E-state index contributed by atoms with van der Waals surface area (Å²) in [6.45, 7) is 22.1. The second-order valence-electron chi connectivity index (χ2n) is 9.38. The molecule has 6 nitrogen and oxygen atoms in total. The molecule has 0 fully saturated rings. The van der Waals surface area contributed by atoms with Crippen LogP contribution in [0.2, 0.25) is 0 Å². The Bertz CT molecular complexity index is 596. The summed E-state index contributed by atoms with van der Waals surface area (Å²) in [4.78, 5) is 8.36. The van der Waals surface area contributed by atoms with E-state index in [0.29, 0.717) is 37.4 Å². The molecule has 0 aliphatic carbocycles. The van der Waals surface area contributed by atoms with Gasteiger partial charge in [-0.1, -0.05) is 11.5 Å². The van der Waals surface area contributed by atoms with E-state index in [0.717, 1.165) is 0 Å². The molecular formula is C22H42N2O4P2Tc. The van der Waals surface area contributed by atoms with Crippen molar-refractivity contribution in [2.45, 2.75) is 38.9 Å². The molecule has 9 heteroatoms. The van der Waals surface area contributed by atoms with Crippen molar-refractivity contribution in [3.63, 3.8) is 0 Å². The topological polar surface area (TPSA) is 89.3 Å². The zero-order chi connectivity index (χ0) is 23.5. The summed E-state index contributed by atoms with van der Waals surface area (Å²) >= 11 is 0. The summed E-state index contributed by atoms with van der Waals surface area (Å²) < 4.78 is 10.8. The van der Waals surface area contributed by atoms with Crippen LogP contribution in [-0.2, 0) is 29.6 Å². The maximum atomic E-state index is 11.9. The van der Waals surface area contributed by atoms with Crippen molar-refractivity contribution in [1.29, 1.82) is 0 Å². The quantitative estimate of drug-likeness (QED) is 0.294. The maximum absolute atomic E-state index is 11.9. The summed E-state index contributed by atoms with van der Waals surface area (Å²) in [5.74, 6) is -0.0440. The van der Waals surface area contributed by atoms with E-state index in [-0.39, 0.29) is 47.5 Å². The van der Waals surface area contributed by atoms with Crippen LogP contribution in [0.1, 0.15) is 27.7 Å². The minimum absolute atomic E-state index is 0. The van der Waals surface area contributed by atoms with E-state index in [9.17, 15) is 10.2 Å². The first-order chi connectivity index (χ1) is 13.7. The fourth-order valence-electron chi connectivity index (χ4n) is 2.21. The molecule has 1 radical (unpaired) electrons. The molecule has 181 valence electrons. The Morgan fingerprint density at radius 1 is 0.742 bits per heavy atom. The van der Waals surface area contributed by atoms with E-state index in [2.05, 4.69) is 50.0 Å². The van der Waals surface area contributed by atoms with Gasteiger partial charge in [-0.05, 0) is 54.7 Å². The Balaban J connectivity index is 0. The normalized spacial score (nSPS) is 19.6. The van der Waals surface area contributed by atoms with Gasteiger partial charge in [-0.25, -0.2) is 0 Å². The van der Waals surface area contributed by atoms with Crippen molar-refractivity contribution in [3.8, 4) is 0 Å². The zero-order valence-electron chi connectivity index (χ0n) is 20.9.